The van der Waals surface area contributed by atoms with E-state index in [0.717, 1.165) is 12.1 Å². The van der Waals surface area contributed by atoms with Gasteiger partial charge in [-0.05, 0) is 18.6 Å². The fraction of sp³-hybridized carbons (Fsp3) is 0.250. The molecular weight excluding hydrogens is 226 g/mol. The molecule has 2 atom stereocenters. The fourth-order valence-electron chi connectivity index (χ4n) is 1.75. The van der Waals surface area contributed by atoms with Gasteiger partial charge in [-0.3, -0.25) is 4.79 Å². The Labute approximate surface area is 97.3 Å². The summed E-state index contributed by atoms with van der Waals surface area (Å²) >= 11 is 0. The van der Waals surface area contributed by atoms with Crippen LogP contribution in [0.4, 0.5) is 14.5 Å². The third kappa shape index (κ3) is 2.50. The summed E-state index contributed by atoms with van der Waals surface area (Å²) < 4.78 is 26.6. The predicted molar refractivity (Wildman–Crippen MR) is 60.2 cm³/mol. The minimum absolute atomic E-state index is 0.170. The van der Waals surface area contributed by atoms with Crippen LogP contribution in [0.15, 0.2) is 30.4 Å². The first-order valence-corrected chi connectivity index (χ1v) is 5.26. The number of carbonyl (C=O) groups excluding carboxylic acids is 1. The average molecular weight is 238 g/mol. The lowest BCUT2D eigenvalue weighted by atomic mass is 10.1. The highest BCUT2D eigenvalue weighted by Crippen LogP contribution is 2.22. The molecule has 1 aromatic carbocycles. The number of nitrogens with one attached hydrogen (secondary N) is 1. The molecule has 1 amide bonds. The number of amides is 1. The Morgan fingerprint density at radius 2 is 1.94 bits per heavy atom. The van der Waals surface area contributed by atoms with Gasteiger partial charge in [0.2, 0.25) is 5.91 Å². The second-order valence-electron chi connectivity index (χ2n) is 3.98. The molecule has 2 rings (SSSR count). The third-order valence-electron chi connectivity index (χ3n) is 2.66. The molecular formula is C12H12F2N2O. The van der Waals surface area contributed by atoms with E-state index in [2.05, 4.69) is 5.32 Å². The van der Waals surface area contributed by atoms with Crippen molar-refractivity contribution in [3.8, 4) is 0 Å². The number of para-hydroxylation sites is 1. The zero-order valence-electron chi connectivity index (χ0n) is 8.99. The number of halogens is 2. The Balaban J connectivity index is 2.11. The SMILES string of the molecule is NC1C=CC(C(=O)Nc2c(F)cccc2F)C1. The van der Waals surface area contributed by atoms with Gasteiger partial charge in [-0.2, -0.15) is 0 Å². The van der Waals surface area contributed by atoms with Gasteiger partial charge in [0.25, 0.3) is 0 Å². The lowest BCUT2D eigenvalue weighted by Gasteiger charge is -2.11. The van der Waals surface area contributed by atoms with Crippen molar-refractivity contribution in [2.45, 2.75) is 12.5 Å². The summed E-state index contributed by atoms with van der Waals surface area (Å²) in [4.78, 5) is 11.7. The summed E-state index contributed by atoms with van der Waals surface area (Å²) in [5.41, 5.74) is 5.19. The van der Waals surface area contributed by atoms with Crippen LogP contribution in [0.3, 0.4) is 0 Å². The van der Waals surface area contributed by atoms with Crippen LogP contribution in [0.5, 0.6) is 0 Å². The smallest absolute Gasteiger partial charge is 0.231 e. The molecule has 0 spiro atoms. The van der Waals surface area contributed by atoms with Gasteiger partial charge in [0.05, 0.1) is 5.92 Å². The van der Waals surface area contributed by atoms with Crippen molar-refractivity contribution < 1.29 is 13.6 Å². The lowest BCUT2D eigenvalue weighted by molar-refractivity contribution is -0.118. The van der Waals surface area contributed by atoms with E-state index in [1.165, 1.54) is 6.07 Å². The van der Waals surface area contributed by atoms with E-state index in [-0.39, 0.29) is 6.04 Å². The van der Waals surface area contributed by atoms with Crippen LogP contribution in [0.25, 0.3) is 0 Å². The van der Waals surface area contributed by atoms with E-state index < -0.39 is 29.1 Å². The maximum absolute atomic E-state index is 13.3. The van der Waals surface area contributed by atoms with E-state index in [1.54, 1.807) is 12.2 Å². The molecule has 0 bridgehead atoms. The van der Waals surface area contributed by atoms with Crippen LogP contribution in [0.1, 0.15) is 6.42 Å². The number of rotatable bonds is 2. The van der Waals surface area contributed by atoms with E-state index in [9.17, 15) is 13.6 Å². The van der Waals surface area contributed by atoms with E-state index in [0.29, 0.717) is 6.42 Å². The Morgan fingerprint density at radius 1 is 1.29 bits per heavy atom. The first-order chi connectivity index (χ1) is 8.08. The van der Waals surface area contributed by atoms with Gasteiger partial charge in [-0.1, -0.05) is 18.2 Å². The Bertz CT molecular complexity index is 453. The molecule has 3 N–H and O–H groups in total. The number of hydrogen-bond donors (Lipinski definition) is 2. The molecule has 0 radical (unpaired) electrons. The highest BCUT2D eigenvalue weighted by atomic mass is 19.1. The summed E-state index contributed by atoms with van der Waals surface area (Å²) in [5, 5.41) is 2.25. The quantitative estimate of drug-likeness (QED) is 0.772. The van der Waals surface area contributed by atoms with E-state index >= 15 is 0 Å². The molecule has 0 aliphatic heterocycles. The normalized spacial score (nSPS) is 22.8. The standard InChI is InChI=1S/C12H12F2N2O/c13-9-2-1-3-10(14)11(9)16-12(17)7-4-5-8(15)6-7/h1-5,7-8H,6,15H2,(H,16,17). The molecule has 3 nitrogen and oxygen atoms in total. The molecule has 1 aliphatic rings. The molecule has 1 aromatic rings. The first-order valence-electron chi connectivity index (χ1n) is 5.26. The van der Waals surface area contributed by atoms with Crippen LogP contribution < -0.4 is 11.1 Å². The van der Waals surface area contributed by atoms with Crippen molar-refractivity contribution in [1.29, 1.82) is 0 Å². The van der Waals surface area contributed by atoms with Crippen LogP contribution in [0.2, 0.25) is 0 Å². The first kappa shape index (κ1) is 11.7. The monoisotopic (exact) mass is 238 g/mol. The van der Waals surface area contributed by atoms with Crippen molar-refractivity contribution in [3.63, 3.8) is 0 Å². The topological polar surface area (TPSA) is 55.1 Å². The maximum Gasteiger partial charge on any atom is 0.231 e. The van der Waals surface area contributed by atoms with Gasteiger partial charge in [0, 0.05) is 6.04 Å². The summed E-state index contributed by atoms with van der Waals surface area (Å²) in [6.07, 6.45) is 3.82. The molecule has 0 fully saturated rings. The Hall–Kier alpha value is -1.75. The molecule has 0 saturated heterocycles. The van der Waals surface area contributed by atoms with Crippen LogP contribution in [-0.2, 0) is 4.79 Å². The fourth-order valence-corrected chi connectivity index (χ4v) is 1.75. The van der Waals surface area contributed by atoms with E-state index in [4.69, 9.17) is 5.73 Å². The number of carbonyl (C=O) groups is 1. The number of hydrogen-bond acceptors (Lipinski definition) is 2. The summed E-state index contributed by atoms with van der Waals surface area (Å²) in [7, 11) is 0. The predicted octanol–water partition coefficient (Wildman–Crippen LogP) is 1.81. The van der Waals surface area contributed by atoms with Crippen molar-refractivity contribution in [2.75, 3.05) is 5.32 Å². The van der Waals surface area contributed by atoms with Gasteiger partial charge in [-0.15, -0.1) is 0 Å². The van der Waals surface area contributed by atoms with Crippen LogP contribution in [-0.4, -0.2) is 11.9 Å². The number of benzene rings is 1. The van der Waals surface area contributed by atoms with Gasteiger partial charge in [-0.25, -0.2) is 8.78 Å². The van der Waals surface area contributed by atoms with E-state index in [1.807, 2.05) is 0 Å². The van der Waals surface area contributed by atoms with Gasteiger partial charge >= 0.3 is 0 Å². The number of nitrogens with two attached hydrogens (primary N) is 1. The zero-order chi connectivity index (χ0) is 12.4. The highest BCUT2D eigenvalue weighted by Gasteiger charge is 2.24. The molecule has 0 aromatic heterocycles. The highest BCUT2D eigenvalue weighted by molar-refractivity contribution is 5.94. The molecule has 0 saturated carbocycles. The molecule has 5 heteroatoms. The maximum atomic E-state index is 13.3. The molecule has 1 aliphatic carbocycles. The minimum atomic E-state index is -0.787. The second kappa shape index (κ2) is 4.63. The lowest BCUT2D eigenvalue weighted by Crippen LogP contribution is -2.24. The van der Waals surface area contributed by atoms with Crippen molar-refractivity contribution in [2.24, 2.45) is 11.7 Å². The van der Waals surface area contributed by atoms with Crippen LogP contribution in [0, 0.1) is 17.6 Å². The molecule has 0 heterocycles. The van der Waals surface area contributed by atoms with Crippen molar-refractivity contribution in [1.82, 2.24) is 0 Å². The molecule has 90 valence electrons. The van der Waals surface area contributed by atoms with Gasteiger partial charge in [0.15, 0.2) is 0 Å². The van der Waals surface area contributed by atoms with Crippen LogP contribution >= 0.6 is 0 Å². The zero-order valence-corrected chi connectivity index (χ0v) is 8.99. The van der Waals surface area contributed by atoms with Crippen molar-refractivity contribution in [3.05, 3.63) is 42.0 Å². The Morgan fingerprint density at radius 3 is 2.47 bits per heavy atom. The minimum Gasteiger partial charge on any atom is -0.324 e. The Kier molecular flexibility index (Phi) is 3.19. The third-order valence-corrected chi connectivity index (χ3v) is 2.66. The largest absolute Gasteiger partial charge is 0.324 e. The summed E-state index contributed by atoms with van der Waals surface area (Å²) in [6.45, 7) is 0. The summed E-state index contributed by atoms with van der Waals surface area (Å²) in [5.74, 6) is -2.45. The second-order valence-corrected chi connectivity index (χ2v) is 3.98. The molecule has 2 unspecified atom stereocenters. The number of anilines is 1. The summed E-state index contributed by atoms with van der Waals surface area (Å²) in [6, 6.07) is 3.26. The molecule has 17 heavy (non-hydrogen) atoms. The average Bonchev–Trinajstić information content (AvgIpc) is 2.70. The van der Waals surface area contributed by atoms with Gasteiger partial charge in [0.1, 0.15) is 17.3 Å². The van der Waals surface area contributed by atoms with Crippen molar-refractivity contribution >= 4 is 11.6 Å². The van der Waals surface area contributed by atoms with Gasteiger partial charge < -0.3 is 11.1 Å².